The van der Waals surface area contributed by atoms with Crippen molar-refractivity contribution in [2.24, 2.45) is 0 Å². The van der Waals surface area contributed by atoms with Crippen LogP contribution in [-0.4, -0.2) is 37.7 Å². The van der Waals surface area contributed by atoms with Gasteiger partial charge in [0.1, 0.15) is 0 Å². The van der Waals surface area contributed by atoms with Gasteiger partial charge in [-0.25, -0.2) is 0 Å². The first-order valence-electron chi connectivity index (χ1n) is 4.46. The van der Waals surface area contributed by atoms with Gasteiger partial charge in [-0.2, -0.15) is 0 Å². The molecule has 0 N–H and O–H groups in total. The van der Waals surface area contributed by atoms with Crippen LogP contribution >= 0.6 is 0 Å². The highest BCUT2D eigenvalue weighted by Crippen LogP contribution is 2.35. The molecule has 0 heterocycles. The minimum Gasteiger partial charge on any atom is -0.377 e. The van der Waals surface area contributed by atoms with Gasteiger partial charge in [-0.05, 0) is 32.9 Å². The zero-order chi connectivity index (χ0) is 8.32. The molecule has 0 atom stereocenters. The van der Waals surface area contributed by atoms with Crippen molar-refractivity contribution in [3.05, 3.63) is 0 Å². The van der Waals surface area contributed by atoms with E-state index in [1.807, 2.05) is 7.11 Å². The molecule has 66 valence electrons. The lowest BCUT2D eigenvalue weighted by Crippen LogP contribution is -2.48. The molecule has 0 spiro atoms. The monoisotopic (exact) mass is 157 g/mol. The van der Waals surface area contributed by atoms with E-state index in [1.165, 1.54) is 19.3 Å². The molecule has 11 heavy (non-hydrogen) atoms. The third-order valence-electron chi connectivity index (χ3n) is 2.80. The van der Waals surface area contributed by atoms with Gasteiger partial charge in [0.05, 0.1) is 5.60 Å². The van der Waals surface area contributed by atoms with Crippen molar-refractivity contribution in [2.45, 2.75) is 31.8 Å². The van der Waals surface area contributed by atoms with E-state index in [4.69, 9.17) is 4.74 Å². The lowest BCUT2D eigenvalue weighted by molar-refractivity contribution is -0.0873. The average molecular weight is 157 g/mol. The highest BCUT2D eigenvalue weighted by molar-refractivity contribution is 4.91. The number of hydrogen-bond acceptors (Lipinski definition) is 2. The summed E-state index contributed by atoms with van der Waals surface area (Å²) < 4.78 is 5.50. The first-order chi connectivity index (χ1) is 5.22. The SMILES string of the molecule is CCN(C)CC1(OC)CCC1. The van der Waals surface area contributed by atoms with Gasteiger partial charge in [-0.1, -0.05) is 6.92 Å². The molecule has 0 aromatic heterocycles. The second-order valence-corrected chi connectivity index (χ2v) is 3.57. The Labute approximate surface area is 69.5 Å². The Balaban J connectivity index is 2.32. The number of nitrogens with zero attached hydrogens (tertiary/aromatic N) is 1. The van der Waals surface area contributed by atoms with Crippen molar-refractivity contribution in [1.82, 2.24) is 4.90 Å². The molecule has 0 aliphatic heterocycles. The number of ether oxygens (including phenoxy) is 1. The van der Waals surface area contributed by atoms with E-state index >= 15 is 0 Å². The molecular formula is C9H19NO. The summed E-state index contributed by atoms with van der Waals surface area (Å²) in [6.45, 7) is 4.40. The molecule has 0 unspecified atom stereocenters. The molecule has 1 rings (SSSR count). The summed E-state index contributed by atoms with van der Waals surface area (Å²) >= 11 is 0. The predicted octanol–water partition coefficient (Wildman–Crippen LogP) is 1.51. The normalized spacial score (nSPS) is 21.8. The zero-order valence-corrected chi connectivity index (χ0v) is 7.89. The van der Waals surface area contributed by atoms with Crippen LogP contribution in [0, 0.1) is 0 Å². The quantitative estimate of drug-likeness (QED) is 0.613. The number of hydrogen-bond donors (Lipinski definition) is 0. The van der Waals surface area contributed by atoms with Gasteiger partial charge >= 0.3 is 0 Å². The van der Waals surface area contributed by atoms with Gasteiger partial charge in [0.15, 0.2) is 0 Å². The maximum atomic E-state index is 5.50. The van der Waals surface area contributed by atoms with Crippen LogP contribution in [0.25, 0.3) is 0 Å². The fraction of sp³-hybridized carbons (Fsp3) is 1.00. The van der Waals surface area contributed by atoms with Gasteiger partial charge in [0.2, 0.25) is 0 Å². The average Bonchev–Trinajstić information content (AvgIpc) is 1.96. The largest absolute Gasteiger partial charge is 0.377 e. The van der Waals surface area contributed by atoms with E-state index in [0.29, 0.717) is 0 Å². The van der Waals surface area contributed by atoms with Crippen LogP contribution in [-0.2, 0) is 4.74 Å². The Bertz CT molecular complexity index is 115. The fourth-order valence-electron chi connectivity index (χ4n) is 1.60. The molecular weight excluding hydrogens is 138 g/mol. The summed E-state index contributed by atoms with van der Waals surface area (Å²) in [7, 11) is 3.99. The summed E-state index contributed by atoms with van der Waals surface area (Å²) in [4.78, 5) is 2.32. The van der Waals surface area contributed by atoms with E-state index in [1.54, 1.807) is 0 Å². The van der Waals surface area contributed by atoms with E-state index in [0.717, 1.165) is 13.1 Å². The van der Waals surface area contributed by atoms with Crippen molar-refractivity contribution >= 4 is 0 Å². The second-order valence-electron chi connectivity index (χ2n) is 3.57. The van der Waals surface area contributed by atoms with Crippen molar-refractivity contribution in [3.63, 3.8) is 0 Å². The number of methoxy groups -OCH3 is 1. The molecule has 1 fully saturated rings. The van der Waals surface area contributed by atoms with Gasteiger partial charge in [0, 0.05) is 13.7 Å². The Hall–Kier alpha value is -0.0800. The first-order valence-corrected chi connectivity index (χ1v) is 4.46. The molecule has 0 amide bonds. The minimum atomic E-state index is 0.213. The third-order valence-corrected chi connectivity index (χ3v) is 2.80. The van der Waals surface area contributed by atoms with Crippen LogP contribution in [0.2, 0.25) is 0 Å². The minimum absolute atomic E-state index is 0.213. The summed E-state index contributed by atoms with van der Waals surface area (Å²) in [6, 6.07) is 0. The van der Waals surface area contributed by atoms with Crippen molar-refractivity contribution in [1.29, 1.82) is 0 Å². The lowest BCUT2D eigenvalue weighted by Gasteiger charge is -2.42. The Kier molecular flexibility index (Phi) is 2.90. The fourth-order valence-corrected chi connectivity index (χ4v) is 1.60. The summed E-state index contributed by atoms with van der Waals surface area (Å²) in [6.07, 6.45) is 3.83. The highest BCUT2D eigenvalue weighted by Gasteiger charge is 2.37. The van der Waals surface area contributed by atoms with Crippen LogP contribution in [0.4, 0.5) is 0 Å². The van der Waals surface area contributed by atoms with Crippen molar-refractivity contribution in [3.8, 4) is 0 Å². The van der Waals surface area contributed by atoms with Gasteiger partial charge < -0.3 is 9.64 Å². The van der Waals surface area contributed by atoms with E-state index in [9.17, 15) is 0 Å². The maximum absolute atomic E-state index is 5.50. The standard InChI is InChI=1S/C9H19NO/c1-4-10(2)8-9(11-3)6-5-7-9/h4-8H2,1-3H3. The molecule has 0 radical (unpaired) electrons. The maximum Gasteiger partial charge on any atom is 0.0804 e. The molecule has 0 aromatic rings. The van der Waals surface area contributed by atoms with Crippen molar-refractivity contribution in [2.75, 3.05) is 27.2 Å². The van der Waals surface area contributed by atoms with E-state index in [-0.39, 0.29) is 5.60 Å². The predicted molar refractivity (Wildman–Crippen MR) is 46.8 cm³/mol. The summed E-state index contributed by atoms with van der Waals surface area (Å²) in [5, 5.41) is 0. The van der Waals surface area contributed by atoms with Crippen LogP contribution in [0.1, 0.15) is 26.2 Å². The van der Waals surface area contributed by atoms with Crippen molar-refractivity contribution < 1.29 is 4.74 Å². The molecule has 2 heteroatoms. The lowest BCUT2D eigenvalue weighted by atomic mass is 9.79. The van der Waals surface area contributed by atoms with E-state index in [2.05, 4.69) is 18.9 Å². The van der Waals surface area contributed by atoms with Crippen LogP contribution in [0.3, 0.4) is 0 Å². The number of likely N-dealkylation sites (N-methyl/N-ethyl adjacent to an activating group) is 1. The van der Waals surface area contributed by atoms with Crippen LogP contribution < -0.4 is 0 Å². The van der Waals surface area contributed by atoms with Gasteiger partial charge in [-0.3, -0.25) is 0 Å². The van der Waals surface area contributed by atoms with E-state index < -0.39 is 0 Å². The zero-order valence-electron chi connectivity index (χ0n) is 7.89. The molecule has 0 bridgehead atoms. The molecule has 1 aliphatic rings. The summed E-state index contributed by atoms with van der Waals surface area (Å²) in [5.74, 6) is 0. The van der Waals surface area contributed by atoms with Crippen LogP contribution in [0.5, 0.6) is 0 Å². The Morgan fingerprint density at radius 3 is 2.36 bits per heavy atom. The molecule has 0 saturated heterocycles. The van der Waals surface area contributed by atoms with Crippen LogP contribution in [0.15, 0.2) is 0 Å². The summed E-state index contributed by atoms with van der Waals surface area (Å²) in [5.41, 5.74) is 0.213. The van der Waals surface area contributed by atoms with Gasteiger partial charge in [0.25, 0.3) is 0 Å². The first kappa shape index (κ1) is 9.01. The molecule has 1 saturated carbocycles. The second kappa shape index (κ2) is 3.55. The number of rotatable bonds is 4. The van der Waals surface area contributed by atoms with Gasteiger partial charge in [-0.15, -0.1) is 0 Å². The highest BCUT2D eigenvalue weighted by atomic mass is 16.5. The smallest absolute Gasteiger partial charge is 0.0804 e. The Morgan fingerprint density at radius 1 is 1.45 bits per heavy atom. The molecule has 0 aromatic carbocycles. The molecule has 1 aliphatic carbocycles. The Morgan fingerprint density at radius 2 is 2.09 bits per heavy atom. The molecule has 2 nitrogen and oxygen atoms in total. The topological polar surface area (TPSA) is 12.5 Å². The third kappa shape index (κ3) is 1.94.